The number of ether oxygens (including phenoxy) is 2. The van der Waals surface area contributed by atoms with Crippen molar-refractivity contribution >= 4 is 5.97 Å². The van der Waals surface area contributed by atoms with Gasteiger partial charge in [0.1, 0.15) is 5.75 Å². The first-order valence-corrected chi connectivity index (χ1v) is 5.11. The molecule has 16 heavy (non-hydrogen) atoms. The van der Waals surface area contributed by atoms with Crippen LogP contribution in [0.4, 0.5) is 0 Å². The maximum absolute atomic E-state index is 10.8. The van der Waals surface area contributed by atoms with E-state index in [2.05, 4.69) is 4.74 Å². The Morgan fingerprint density at radius 2 is 2.00 bits per heavy atom. The Hall–Kier alpha value is -1.77. The predicted octanol–water partition coefficient (Wildman–Crippen LogP) is 2.36. The Bertz CT molecular complexity index is 369. The standard InChI is InChI=1S/C13H16O3/c1-15-12-9-5-3-7-11(12)8-4-6-10-13(14)16-2/h3-7,9H,8,10H2,1-2H3/b6-4+. The molecule has 0 saturated carbocycles. The van der Waals surface area contributed by atoms with E-state index in [-0.39, 0.29) is 5.97 Å². The molecule has 0 unspecified atom stereocenters. The van der Waals surface area contributed by atoms with Crippen LogP contribution in [0.2, 0.25) is 0 Å². The molecule has 0 aliphatic heterocycles. The molecule has 1 aromatic carbocycles. The molecule has 0 fully saturated rings. The lowest BCUT2D eigenvalue weighted by Gasteiger charge is -2.04. The molecule has 0 aromatic heterocycles. The summed E-state index contributed by atoms with van der Waals surface area (Å²) in [7, 11) is 3.04. The molecular weight excluding hydrogens is 204 g/mol. The van der Waals surface area contributed by atoms with Crippen molar-refractivity contribution in [2.24, 2.45) is 0 Å². The quantitative estimate of drug-likeness (QED) is 0.564. The Kier molecular flexibility index (Phi) is 5.12. The molecule has 1 rings (SSSR count). The van der Waals surface area contributed by atoms with Crippen molar-refractivity contribution in [1.29, 1.82) is 0 Å². The largest absolute Gasteiger partial charge is 0.496 e. The lowest BCUT2D eigenvalue weighted by molar-refractivity contribution is -0.139. The number of para-hydroxylation sites is 1. The molecule has 0 aliphatic rings. The summed E-state index contributed by atoms with van der Waals surface area (Å²) < 4.78 is 9.75. The average Bonchev–Trinajstić information content (AvgIpc) is 2.34. The van der Waals surface area contributed by atoms with Crippen LogP contribution in [0.3, 0.4) is 0 Å². The molecule has 0 bridgehead atoms. The van der Waals surface area contributed by atoms with Gasteiger partial charge in [0.15, 0.2) is 0 Å². The molecular formula is C13H16O3. The minimum absolute atomic E-state index is 0.226. The Labute approximate surface area is 95.7 Å². The van der Waals surface area contributed by atoms with Crippen LogP contribution in [0.25, 0.3) is 0 Å². The van der Waals surface area contributed by atoms with E-state index in [9.17, 15) is 4.79 Å². The van der Waals surface area contributed by atoms with Crippen molar-refractivity contribution in [2.45, 2.75) is 12.8 Å². The number of allylic oxidation sites excluding steroid dienone is 1. The maximum Gasteiger partial charge on any atom is 0.309 e. The van der Waals surface area contributed by atoms with E-state index in [1.807, 2.05) is 30.3 Å². The first kappa shape index (κ1) is 12.3. The molecule has 0 heterocycles. The molecule has 1 aromatic rings. The van der Waals surface area contributed by atoms with Crippen LogP contribution in [-0.2, 0) is 16.0 Å². The molecule has 0 N–H and O–H groups in total. The van der Waals surface area contributed by atoms with Gasteiger partial charge in [-0.1, -0.05) is 30.4 Å². The summed E-state index contributed by atoms with van der Waals surface area (Å²) in [4.78, 5) is 10.8. The van der Waals surface area contributed by atoms with Crippen molar-refractivity contribution in [3.8, 4) is 5.75 Å². The van der Waals surface area contributed by atoms with E-state index in [0.29, 0.717) is 6.42 Å². The van der Waals surface area contributed by atoms with E-state index in [0.717, 1.165) is 17.7 Å². The summed E-state index contributed by atoms with van der Waals surface area (Å²) >= 11 is 0. The summed E-state index contributed by atoms with van der Waals surface area (Å²) in [6, 6.07) is 7.82. The van der Waals surface area contributed by atoms with E-state index in [1.165, 1.54) is 7.11 Å². The molecule has 0 spiro atoms. The molecule has 86 valence electrons. The lowest BCUT2D eigenvalue weighted by atomic mass is 10.1. The topological polar surface area (TPSA) is 35.5 Å². The number of benzene rings is 1. The van der Waals surface area contributed by atoms with E-state index < -0.39 is 0 Å². The number of hydrogen-bond donors (Lipinski definition) is 0. The van der Waals surface area contributed by atoms with Crippen LogP contribution in [-0.4, -0.2) is 20.2 Å². The smallest absolute Gasteiger partial charge is 0.309 e. The lowest BCUT2D eigenvalue weighted by Crippen LogP contribution is -1.97. The van der Waals surface area contributed by atoms with Crippen molar-refractivity contribution < 1.29 is 14.3 Å². The van der Waals surface area contributed by atoms with Gasteiger partial charge in [0.05, 0.1) is 20.6 Å². The van der Waals surface area contributed by atoms with E-state index in [4.69, 9.17) is 4.74 Å². The zero-order chi connectivity index (χ0) is 11.8. The minimum Gasteiger partial charge on any atom is -0.496 e. The van der Waals surface area contributed by atoms with Crippen molar-refractivity contribution in [1.82, 2.24) is 0 Å². The number of methoxy groups -OCH3 is 2. The fraction of sp³-hybridized carbons (Fsp3) is 0.308. The third-order valence-corrected chi connectivity index (χ3v) is 2.21. The third-order valence-electron chi connectivity index (χ3n) is 2.21. The highest BCUT2D eigenvalue weighted by atomic mass is 16.5. The van der Waals surface area contributed by atoms with Gasteiger partial charge >= 0.3 is 5.97 Å². The molecule has 0 radical (unpaired) electrons. The number of rotatable bonds is 5. The van der Waals surface area contributed by atoms with Gasteiger partial charge in [0, 0.05) is 0 Å². The number of carbonyl (C=O) groups excluding carboxylic acids is 1. The Balaban J connectivity index is 2.51. The second-order valence-corrected chi connectivity index (χ2v) is 3.27. The minimum atomic E-state index is -0.226. The number of esters is 1. The highest BCUT2D eigenvalue weighted by molar-refractivity contribution is 5.70. The van der Waals surface area contributed by atoms with Crippen LogP contribution in [0.5, 0.6) is 5.75 Å². The zero-order valence-electron chi connectivity index (χ0n) is 9.60. The van der Waals surface area contributed by atoms with Crippen LogP contribution in [0.15, 0.2) is 36.4 Å². The Morgan fingerprint density at radius 1 is 1.25 bits per heavy atom. The fourth-order valence-corrected chi connectivity index (χ4v) is 1.34. The monoisotopic (exact) mass is 220 g/mol. The van der Waals surface area contributed by atoms with Gasteiger partial charge < -0.3 is 9.47 Å². The summed E-state index contributed by atoms with van der Waals surface area (Å²) in [6.45, 7) is 0. The van der Waals surface area contributed by atoms with E-state index in [1.54, 1.807) is 13.2 Å². The van der Waals surface area contributed by atoms with Gasteiger partial charge in [-0.3, -0.25) is 4.79 Å². The van der Waals surface area contributed by atoms with Gasteiger partial charge in [-0.2, -0.15) is 0 Å². The second kappa shape index (κ2) is 6.67. The third kappa shape index (κ3) is 3.77. The number of carbonyl (C=O) groups is 1. The summed E-state index contributed by atoms with van der Waals surface area (Å²) in [5, 5.41) is 0. The van der Waals surface area contributed by atoms with Gasteiger partial charge in [-0.05, 0) is 18.1 Å². The Morgan fingerprint density at radius 3 is 2.69 bits per heavy atom. The summed E-state index contributed by atoms with van der Waals surface area (Å²) in [5.74, 6) is 0.640. The zero-order valence-corrected chi connectivity index (χ0v) is 9.60. The van der Waals surface area contributed by atoms with Gasteiger partial charge in [-0.15, -0.1) is 0 Å². The second-order valence-electron chi connectivity index (χ2n) is 3.27. The van der Waals surface area contributed by atoms with Crippen molar-refractivity contribution in [2.75, 3.05) is 14.2 Å². The summed E-state index contributed by atoms with van der Waals surface area (Å²) in [5.41, 5.74) is 1.10. The van der Waals surface area contributed by atoms with Crippen LogP contribution >= 0.6 is 0 Å². The van der Waals surface area contributed by atoms with Crippen molar-refractivity contribution in [3.63, 3.8) is 0 Å². The highest BCUT2D eigenvalue weighted by Crippen LogP contribution is 2.17. The molecule has 3 heteroatoms. The van der Waals surface area contributed by atoms with Gasteiger partial charge in [0.2, 0.25) is 0 Å². The fourth-order valence-electron chi connectivity index (χ4n) is 1.34. The SMILES string of the molecule is COC(=O)C/C=C/Cc1ccccc1OC. The molecule has 0 atom stereocenters. The van der Waals surface area contributed by atoms with Gasteiger partial charge in [-0.25, -0.2) is 0 Å². The maximum atomic E-state index is 10.8. The average molecular weight is 220 g/mol. The highest BCUT2D eigenvalue weighted by Gasteiger charge is 1.99. The number of hydrogen-bond acceptors (Lipinski definition) is 3. The predicted molar refractivity (Wildman–Crippen MR) is 62.5 cm³/mol. The van der Waals surface area contributed by atoms with Gasteiger partial charge in [0.25, 0.3) is 0 Å². The summed E-state index contributed by atoms with van der Waals surface area (Å²) in [6.07, 6.45) is 4.81. The normalized spacial score (nSPS) is 10.4. The van der Waals surface area contributed by atoms with Crippen LogP contribution in [0.1, 0.15) is 12.0 Å². The van der Waals surface area contributed by atoms with Crippen LogP contribution in [0, 0.1) is 0 Å². The van der Waals surface area contributed by atoms with Crippen LogP contribution < -0.4 is 4.74 Å². The molecule has 3 nitrogen and oxygen atoms in total. The molecule has 0 aliphatic carbocycles. The molecule has 0 saturated heterocycles. The first-order valence-electron chi connectivity index (χ1n) is 5.11. The first-order chi connectivity index (χ1) is 7.77. The molecule has 0 amide bonds. The van der Waals surface area contributed by atoms with E-state index >= 15 is 0 Å². The van der Waals surface area contributed by atoms with Crippen molar-refractivity contribution in [3.05, 3.63) is 42.0 Å².